The second kappa shape index (κ2) is 6.12. The van der Waals surface area contributed by atoms with Gasteiger partial charge in [-0.3, -0.25) is 0 Å². The van der Waals surface area contributed by atoms with Gasteiger partial charge in [0, 0.05) is 16.8 Å². The molecule has 0 saturated carbocycles. The first-order valence-electron chi connectivity index (χ1n) is 6.79. The minimum absolute atomic E-state index is 0.300. The van der Waals surface area contributed by atoms with Crippen LogP contribution in [0.1, 0.15) is 29.7 Å². The van der Waals surface area contributed by atoms with Crippen LogP contribution in [0.3, 0.4) is 0 Å². The van der Waals surface area contributed by atoms with Crippen LogP contribution in [0, 0.1) is 25.5 Å². The van der Waals surface area contributed by atoms with Crippen LogP contribution >= 0.6 is 0 Å². The summed E-state index contributed by atoms with van der Waals surface area (Å²) in [7, 11) is 1.62. The summed E-state index contributed by atoms with van der Waals surface area (Å²) in [6, 6.07) is 6.97. The average molecular weight is 291 g/mol. The highest BCUT2D eigenvalue weighted by Gasteiger charge is 2.14. The summed E-state index contributed by atoms with van der Waals surface area (Å²) in [4.78, 5) is 0. The van der Waals surface area contributed by atoms with E-state index in [1.54, 1.807) is 14.0 Å². The fourth-order valence-electron chi connectivity index (χ4n) is 2.45. The van der Waals surface area contributed by atoms with Crippen LogP contribution in [0.15, 0.2) is 30.3 Å². The zero-order valence-electron chi connectivity index (χ0n) is 12.6. The monoisotopic (exact) mass is 291 g/mol. The topological polar surface area (TPSA) is 21.3 Å². The van der Waals surface area contributed by atoms with Crippen LogP contribution in [0.25, 0.3) is 0 Å². The molecular formula is C17H19F2NO. The van der Waals surface area contributed by atoms with E-state index in [1.165, 1.54) is 6.07 Å². The first-order chi connectivity index (χ1) is 9.93. The summed E-state index contributed by atoms with van der Waals surface area (Å²) < 4.78 is 32.5. The highest BCUT2D eigenvalue weighted by molar-refractivity contribution is 5.60. The Morgan fingerprint density at radius 1 is 1.10 bits per heavy atom. The number of hydrogen-bond acceptors (Lipinski definition) is 2. The fourth-order valence-corrected chi connectivity index (χ4v) is 2.45. The van der Waals surface area contributed by atoms with E-state index in [0.717, 1.165) is 34.7 Å². The molecule has 0 aromatic heterocycles. The lowest BCUT2D eigenvalue weighted by Gasteiger charge is -2.20. The Bertz CT molecular complexity index is 655. The summed E-state index contributed by atoms with van der Waals surface area (Å²) in [5.74, 6) is -0.0710. The van der Waals surface area contributed by atoms with Crippen molar-refractivity contribution < 1.29 is 13.5 Å². The van der Waals surface area contributed by atoms with Crippen LogP contribution in [0.2, 0.25) is 0 Å². The lowest BCUT2D eigenvalue weighted by atomic mass is 10.0. The van der Waals surface area contributed by atoms with Gasteiger partial charge in [-0.2, -0.15) is 0 Å². The van der Waals surface area contributed by atoms with Gasteiger partial charge in [-0.1, -0.05) is 6.07 Å². The Kier molecular flexibility index (Phi) is 4.46. The third kappa shape index (κ3) is 3.15. The van der Waals surface area contributed by atoms with Crippen LogP contribution in [-0.4, -0.2) is 7.11 Å². The third-order valence-corrected chi connectivity index (χ3v) is 3.60. The van der Waals surface area contributed by atoms with Gasteiger partial charge in [-0.15, -0.1) is 0 Å². The van der Waals surface area contributed by atoms with E-state index in [-0.39, 0.29) is 6.04 Å². The number of halogens is 2. The SMILES string of the molecule is COc1c(C)ccc(NC(C)c2cc(F)ccc2F)c1C. The van der Waals surface area contributed by atoms with Gasteiger partial charge in [0.25, 0.3) is 0 Å². The molecule has 0 bridgehead atoms. The molecule has 0 aliphatic carbocycles. The number of rotatable bonds is 4. The van der Waals surface area contributed by atoms with E-state index >= 15 is 0 Å². The molecule has 0 amide bonds. The summed E-state index contributed by atoms with van der Waals surface area (Å²) in [6.07, 6.45) is 0. The summed E-state index contributed by atoms with van der Waals surface area (Å²) >= 11 is 0. The third-order valence-electron chi connectivity index (χ3n) is 3.60. The number of nitrogens with one attached hydrogen (secondary N) is 1. The summed E-state index contributed by atoms with van der Waals surface area (Å²) in [5.41, 5.74) is 3.12. The maximum Gasteiger partial charge on any atom is 0.128 e. The Morgan fingerprint density at radius 2 is 1.81 bits per heavy atom. The molecule has 0 heterocycles. The van der Waals surface area contributed by atoms with E-state index in [1.807, 2.05) is 26.0 Å². The molecule has 4 heteroatoms. The molecule has 1 unspecified atom stereocenters. The molecule has 0 aliphatic rings. The van der Waals surface area contributed by atoms with Crippen molar-refractivity contribution >= 4 is 5.69 Å². The average Bonchev–Trinajstić information content (AvgIpc) is 2.45. The van der Waals surface area contributed by atoms with Crippen LogP contribution in [0.5, 0.6) is 5.75 Å². The molecule has 2 nitrogen and oxygen atoms in total. The summed E-state index contributed by atoms with van der Waals surface area (Å²) in [6.45, 7) is 5.69. The highest BCUT2D eigenvalue weighted by atomic mass is 19.1. The molecule has 2 rings (SSSR count). The van der Waals surface area contributed by atoms with Crippen molar-refractivity contribution in [2.75, 3.05) is 12.4 Å². The maximum atomic E-state index is 13.8. The molecule has 1 atom stereocenters. The van der Waals surface area contributed by atoms with Gasteiger partial charge in [-0.05, 0) is 50.6 Å². The Balaban J connectivity index is 2.32. The van der Waals surface area contributed by atoms with Gasteiger partial charge in [0.05, 0.1) is 13.2 Å². The Labute approximate surface area is 123 Å². The van der Waals surface area contributed by atoms with Crippen LogP contribution < -0.4 is 10.1 Å². The normalized spacial score (nSPS) is 12.1. The van der Waals surface area contributed by atoms with E-state index in [4.69, 9.17) is 4.74 Å². The van der Waals surface area contributed by atoms with Crippen molar-refractivity contribution in [1.29, 1.82) is 0 Å². The summed E-state index contributed by atoms with van der Waals surface area (Å²) in [5, 5.41) is 3.21. The first-order valence-corrected chi connectivity index (χ1v) is 6.79. The predicted molar refractivity (Wildman–Crippen MR) is 80.9 cm³/mol. The van der Waals surface area contributed by atoms with Crippen molar-refractivity contribution in [3.63, 3.8) is 0 Å². The van der Waals surface area contributed by atoms with Crippen molar-refractivity contribution in [1.82, 2.24) is 0 Å². The fraction of sp³-hybridized carbons (Fsp3) is 0.294. The number of hydrogen-bond donors (Lipinski definition) is 1. The lowest BCUT2D eigenvalue weighted by Crippen LogP contribution is -2.10. The van der Waals surface area contributed by atoms with Crippen molar-refractivity contribution in [3.8, 4) is 5.75 Å². The predicted octanol–water partition coefficient (Wildman–Crippen LogP) is 4.76. The van der Waals surface area contributed by atoms with E-state index in [0.29, 0.717) is 5.56 Å². The van der Waals surface area contributed by atoms with E-state index in [9.17, 15) is 8.78 Å². The maximum absolute atomic E-state index is 13.8. The first kappa shape index (κ1) is 15.3. The van der Waals surface area contributed by atoms with E-state index in [2.05, 4.69) is 5.32 Å². The van der Waals surface area contributed by atoms with Gasteiger partial charge in [0.2, 0.25) is 0 Å². The number of benzene rings is 2. The second-order valence-electron chi connectivity index (χ2n) is 5.12. The zero-order valence-corrected chi connectivity index (χ0v) is 12.6. The minimum atomic E-state index is -0.446. The highest BCUT2D eigenvalue weighted by Crippen LogP contribution is 2.32. The molecule has 21 heavy (non-hydrogen) atoms. The number of anilines is 1. The standard InChI is InChI=1S/C17H19F2NO/c1-10-5-8-16(11(2)17(10)21-4)20-12(3)14-9-13(18)6-7-15(14)19/h5-9,12,20H,1-4H3. The van der Waals surface area contributed by atoms with Gasteiger partial charge < -0.3 is 10.1 Å². The van der Waals surface area contributed by atoms with Crippen molar-refractivity contribution in [2.45, 2.75) is 26.8 Å². The molecule has 0 fully saturated rings. The Hall–Kier alpha value is -2.10. The van der Waals surface area contributed by atoms with Crippen LogP contribution in [-0.2, 0) is 0 Å². The lowest BCUT2D eigenvalue weighted by molar-refractivity contribution is 0.409. The smallest absolute Gasteiger partial charge is 0.128 e. The molecular weight excluding hydrogens is 272 g/mol. The molecule has 1 N–H and O–H groups in total. The largest absolute Gasteiger partial charge is 0.496 e. The number of aryl methyl sites for hydroxylation is 1. The van der Waals surface area contributed by atoms with E-state index < -0.39 is 11.6 Å². The van der Waals surface area contributed by atoms with Crippen molar-refractivity contribution in [3.05, 3.63) is 58.7 Å². The molecule has 2 aromatic carbocycles. The van der Waals surface area contributed by atoms with Gasteiger partial charge in [0.1, 0.15) is 17.4 Å². The van der Waals surface area contributed by atoms with Crippen molar-refractivity contribution in [2.24, 2.45) is 0 Å². The van der Waals surface area contributed by atoms with Crippen LogP contribution in [0.4, 0.5) is 14.5 Å². The second-order valence-corrected chi connectivity index (χ2v) is 5.12. The number of ether oxygens (including phenoxy) is 1. The molecule has 2 aromatic rings. The number of methoxy groups -OCH3 is 1. The molecule has 0 spiro atoms. The van der Waals surface area contributed by atoms with Gasteiger partial charge in [-0.25, -0.2) is 8.78 Å². The quantitative estimate of drug-likeness (QED) is 0.876. The molecule has 112 valence electrons. The minimum Gasteiger partial charge on any atom is -0.496 e. The molecule has 0 aliphatic heterocycles. The van der Waals surface area contributed by atoms with Gasteiger partial charge >= 0.3 is 0 Å². The van der Waals surface area contributed by atoms with Gasteiger partial charge in [0.15, 0.2) is 0 Å². The molecule has 0 saturated heterocycles. The zero-order chi connectivity index (χ0) is 15.6. The molecule has 0 radical (unpaired) electrons. The Morgan fingerprint density at radius 3 is 2.48 bits per heavy atom.